The molecule has 26 aromatic rings. The predicted molar refractivity (Wildman–Crippen MR) is 513 cm³/mol. The maximum Gasteiger partial charge on any atom is 0.180 e. The van der Waals surface area contributed by atoms with E-state index in [4.69, 9.17) is 4.42 Å². The van der Waals surface area contributed by atoms with Crippen molar-refractivity contribution in [2.24, 2.45) is 0 Å². The fourth-order valence-corrected chi connectivity index (χ4v) is 11.4. The number of nitrogens with zero attached hydrogens (tertiary/aromatic N) is 20. The summed E-state index contributed by atoms with van der Waals surface area (Å²) in [5, 5.41) is 42.0. The van der Waals surface area contributed by atoms with Crippen molar-refractivity contribution in [1.29, 1.82) is 0 Å². The number of hydrogen-bond acceptors (Lipinski definition) is 28. The number of thiophene rings is 2. The number of benzene rings is 7. The van der Waals surface area contributed by atoms with Crippen molar-refractivity contribution in [3.8, 4) is 0 Å². The van der Waals surface area contributed by atoms with E-state index in [0.29, 0.717) is 0 Å². The van der Waals surface area contributed by atoms with E-state index in [2.05, 4.69) is 242 Å². The molecule has 0 saturated heterocycles. The van der Waals surface area contributed by atoms with Crippen molar-refractivity contribution in [3.05, 3.63) is 513 Å². The molecule has 0 radical (unpaired) electrons. The lowest BCUT2D eigenvalue weighted by Crippen LogP contribution is -1.80. The predicted octanol–water partition coefficient (Wildman–Crippen LogP) is 23.5. The van der Waals surface area contributed by atoms with Gasteiger partial charge in [0.2, 0.25) is 0 Å². The number of aromatic amines is 4. The fourth-order valence-electron chi connectivity index (χ4n) is 9.48. The van der Waals surface area contributed by atoms with Gasteiger partial charge in [-0.3, -0.25) is 40.1 Å². The van der Waals surface area contributed by atoms with Crippen molar-refractivity contribution in [2.75, 3.05) is 0 Å². The minimum Gasteiger partial charge on any atom is -0.473 e. The Bertz CT molecular complexity index is 5400. The van der Waals surface area contributed by atoms with E-state index in [1.807, 2.05) is 204 Å². The van der Waals surface area contributed by atoms with Crippen molar-refractivity contribution in [3.63, 3.8) is 0 Å². The van der Waals surface area contributed by atoms with Crippen LogP contribution in [0.4, 0.5) is 0 Å². The molecule has 0 aliphatic rings. The summed E-state index contributed by atoms with van der Waals surface area (Å²) in [7, 11) is 0. The van der Waals surface area contributed by atoms with Gasteiger partial charge in [0.25, 0.3) is 0 Å². The van der Waals surface area contributed by atoms with Gasteiger partial charge in [-0.2, -0.15) is 31.7 Å². The van der Waals surface area contributed by atoms with Crippen molar-refractivity contribution < 1.29 is 22.3 Å². The van der Waals surface area contributed by atoms with Gasteiger partial charge in [-0.15, -0.1) is 22.7 Å². The number of nitrogens with one attached hydrogen (secondary N) is 4. The molecule has 29 nitrogen and oxygen atoms in total. The fraction of sp³-hybridized carbons (Fsp3) is 0. The van der Waals surface area contributed by atoms with Gasteiger partial charge in [0.1, 0.15) is 67.9 Å². The topological polar surface area (TPSA) is 387 Å². The molecule has 0 unspecified atom stereocenters. The first kappa shape index (κ1) is 97.6. The van der Waals surface area contributed by atoms with Gasteiger partial charge in [0.05, 0.1) is 54.0 Å². The van der Waals surface area contributed by atoms with Crippen molar-refractivity contribution in [1.82, 2.24) is 121 Å². The average Bonchev–Trinajstić information content (AvgIpc) is 1.51. The summed E-state index contributed by atoms with van der Waals surface area (Å²) in [5.41, 5.74) is 5.84. The molecule has 0 bridgehead atoms. The molecule has 648 valence electrons. The van der Waals surface area contributed by atoms with Crippen LogP contribution in [0.15, 0.2) is 535 Å². The summed E-state index contributed by atoms with van der Waals surface area (Å²) in [6, 6.07) is 90.0. The second-order valence-corrected chi connectivity index (χ2v) is 26.3. The van der Waals surface area contributed by atoms with Crippen LogP contribution in [-0.2, 0) is 0 Å². The van der Waals surface area contributed by atoms with Crippen LogP contribution in [-0.4, -0.2) is 121 Å². The zero-order valence-corrected chi connectivity index (χ0v) is 72.2. The lowest BCUT2D eigenvalue weighted by molar-refractivity contribution is 0.419. The molecule has 26 rings (SSSR count). The van der Waals surface area contributed by atoms with E-state index in [0.717, 1.165) is 22.2 Å². The molecule has 0 fully saturated rings. The molecular formula is C98H88N24O5S3. The summed E-state index contributed by atoms with van der Waals surface area (Å²) in [6.45, 7) is 0. The maximum absolute atomic E-state index is 5.65. The largest absolute Gasteiger partial charge is 0.473 e. The molecule has 7 aromatic carbocycles. The Hall–Kier alpha value is -17.9. The highest BCUT2D eigenvalue weighted by atomic mass is 32.1. The van der Waals surface area contributed by atoms with E-state index in [1.165, 1.54) is 116 Å². The molecule has 0 aliphatic heterocycles. The average molecular weight is 1780 g/mol. The zero-order chi connectivity index (χ0) is 90.1. The molecular weight excluding hydrogens is 1690 g/mol. The molecule has 130 heavy (non-hydrogen) atoms. The molecule has 0 amide bonds. The molecule has 0 saturated carbocycles. The standard InChI is InChI=1S/C13H9N.C12H8O.C12H8S.C9H7N.C5H5N.3C4H4N2.C4H5N.C4H4O.C4H4S.C3H3N3.2C3H4N2.3C3H3NO.C3H3NS.C2H3N3/c1-2-6-11-10(5-1)9-14-13-8-4-3-7-12(11)13;2*1-3-7-11-9(5-1)10-6-2-4-8-12(10)13-11;1-2-6-9-8(4-1)5-3-7-10-9;1-2-4-6-5-3-1;1-2-6-4-3-5-1;1-2-5-4-6-3-1;1-2-4-6-5-3-1;3*1-2-4-5-3-1;1-4-2-6-3-5-1;1-2-5-3-4-1;1-2-4-5-3-1;1-2-5-3-4-1;2*1-2-4-5-3-1;1-2-5-3-4-1;1-3-2-5-4-1/h1-9H;2*1-8H;1-7H;1-5H;3*1-4H;1-5H;2*1-4H;1-3H;2*1-3H,(H,4,5);4*1-3H;1-2H,(H,3,4,5). The number of hydrogen-bond donors (Lipinski definition) is 4. The summed E-state index contributed by atoms with van der Waals surface area (Å²) < 4.78 is 26.1. The van der Waals surface area contributed by atoms with Gasteiger partial charge in [-0.1, -0.05) is 168 Å². The Balaban J connectivity index is 0.000000172. The summed E-state index contributed by atoms with van der Waals surface area (Å²) in [4.78, 5) is 58.0. The van der Waals surface area contributed by atoms with Crippen LogP contribution in [0.25, 0.3) is 74.7 Å². The Kier molecular flexibility index (Phi) is 51.5. The van der Waals surface area contributed by atoms with Crippen LogP contribution in [0.1, 0.15) is 0 Å². The third-order valence-electron chi connectivity index (χ3n) is 14.9. The monoisotopic (exact) mass is 1780 g/mol. The zero-order valence-electron chi connectivity index (χ0n) is 69.7. The first-order chi connectivity index (χ1) is 64.8. The Morgan fingerprint density at radius 3 is 1.18 bits per heavy atom. The van der Waals surface area contributed by atoms with Crippen molar-refractivity contribution in [2.45, 2.75) is 0 Å². The van der Waals surface area contributed by atoms with E-state index >= 15 is 0 Å². The highest BCUT2D eigenvalue weighted by Crippen LogP contribution is 2.33. The lowest BCUT2D eigenvalue weighted by atomic mass is 10.1. The SMILES string of the molecule is c1c[nH]cn1.c1cc[nH]c1.c1ccc2c(c1)cnc1ccccc12.c1ccc2c(c1)oc1ccccc12.c1ccc2c(c1)sc1ccccc12.c1ccc2ncccc2c1.c1ccncc1.c1ccnnc1.c1ccoc1.c1ccsc1.c1cn[nH]c1.c1cnccn1.c1cncnc1.c1cnoc1.c1cnoc1.c1cocn1.c1cscn1.c1nc[nH]n1.c1ncncn1. The number of imidazole rings is 1. The number of pyridine rings is 3. The number of fused-ring (bicyclic) bond motifs is 10. The molecule has 0 atom stereocenters. The minimum absolute atomic E-state index is 0.962. The number of oxazole rings is 1. The first-order valence-electron chi connectivity index (χ1n) is 39.1. The van der Waals surface area contributed by atoms with Crippen LogP contribution < -0.4 is 0 Å². The first-order valence-corrected chi connectivity index (χ1v) is 41.8. The van der Waals surface area contributed by atoms with E-state index < -0.39 is 0 Å². The number of rotatable bonds is 0. The number of para-hydroxylation sites is 4. The van der Waals surface area contributed by atoms with E-state index in [-0.39, 0.29) is 0 Å². The van der Waals surface area contributed by atoms with Crippen LogP contribution in [0, 0.1) is 0 Å². The second-order valence-electron chi connectivity index (χ2n) is 23.7. The minimum atomic E-state index is 0.962. The Labute approximate surface area is 759 Å². The Morgan fingerprint density at radius 1 is 0.262 bits per heavy atom. The van der Waals surface area contributed by atoms with Crippen LogP contribution >= 0.6 is 34.0 Å². The number of aromatic nitrogens is 24. The molecule has 4 N–H and O–H groups in total. The van der Waals surface area contributed by atoms with Crippen LogP contribution in [0.2, 0.25) is 0 Å². The number of thiazole rings is 1. The maximum atomic E-state index is 5.65. The molecule has 0 spiro atoms. The lowest BCUT2D eigenvalue weighted by Gasteiger charge is -2.01. The number of furan rings is 2. The number of H-pyrrole nitrogens is 4. The third kappa shape index (κ3) is 44.8. The van der Waals surface area contributed by atoms with Gasteiger partial charge in [-0.25, -0.2) is 39.9 Å². The van der Waals surface area contributed by atoms with E-state index in [1.54, 1.807) is 177 Å². The summed E-state index contributed by atoms with van der Waals surface area (Å²) in [5.74, 6) is 0. The van der Waals surface area contributed by atoms with Crippen LogP contribution in [0.5, 0.6) is 0 Å². The highest BCUT2D eigenvalue weighted by molar-refractivity contribution is 7.25. The van der Waals surface area contributed by atoms with Gasteiger partial charge in [-0.05, 0) is 131 Å². The summed E-state index contributed by atoms with van der Waals surface area (Å²) >= 11 is 5.18. The molecule has 19 aromatic heterocycles. The smallest absolute Gasteiger partial charge is 0.180 e. The molecule has 19 heterocycles. The summed E-state index contributed by atoms with van der Waals surface area (Å²) in [6.07, 6.45) is 57.2. The van der Waals surface area contributed by atoms with E-state index in [9.17, 15) is 0 Å². The highest BCUT2D eigenvalue weighted by Gasteiger charge is 2.04. The molecule has 32 heteroatoms. The third-order valence-corrected chi connectivity index (χ3v) is 17.2. The van der Waals surface area contributed by atoms with Gasteiger partial charge in [0.15, 0.2) is 6.39 Å². The van der Waals surface area contributed by atoms with Crippen LogP contribution in [0.3, 0.4) is 0 Å². The van der Waals surface area contributed by atoms with Crippen molar-refractivity contribution >= 4 is 109 Å². The van der Waals surface area contributed by atoms with Gasteiger partial charge < -0.3 is 32.3 Å². The second kappa shape index (κ2) is 68.6. The Morgan fingerprint density at radius 2 is 0.823 bits per heavy atom. The van der Waals surface area contributed by atoms with Gasteiger partial charge >= 0.3 is 0 Å². The van der Waals surface area contributed by atoms with Gasteiger partial charge in [0, 0.05) is 170 Å². The molecule has 0 aliphatic carbocycles. The normalized spacial score (nSPS) is 9.08. The quantitative estimate of drug-likeness (QED) is 0.102.